The lowest BCUT2D eigenvalue weighted by Crippen LogP contribution is -2.30. The number of anilines is 1. The smallest absolute Gasteiger partial charge is 0.307 e. The van der Waals surface area contributed by atoms with Crippen molar-refractivity contribution in [2.24, 2.45) is 0 Å². The molecule has 1 unspecified atom stereocenters. The van der Waals surface area contributed by atoms with Gasteiger partial charge in [0, 0.05) is 18.2 Å². The zero-order chi connectivity index (χ0) is 19.1. The van der Waals surface area contributed by atoms with Crippen LogP contribution in [-0.4, -0.2) is 28.7 Å². The SMILES string of the molecule is CC(OC(=O)CCC(=O)c1ccccc1)C(=O)Nc1ncc(Cl)cc1Cl. The van der Waals surface area contributed by atoms with Gasteiger partial charge < -0.3 is 10.1 Å². The highest BCUT2D eigenvalue weighted by Gasteiger charge is 2.20. The van der Waals surface area contributed by atoms with Crippen LogP contribution in [0.3, 0.4) is 0 Å². The minimum Gasteiger partial charge on any atom is -0.453 e. The van der Waals surface area contributed by atoms with Crippen LogP contribution in [0, 0.1) is 0 Å². The summed E-state index contributed by atoms with van der Waals surface area (Å²) in [5, 5.41) is 2.94. The summed E-state index contributed by atoms with van der Waals surface area (Å²) in [5.74, 6) is -1.29. The molecule has 1 aromatic carbocycles. The van der Waals surface area contributed by atoms with E-state index < -0.39 is 18.0 Å². The van der Waals surface area contributed by atoms with E-state index in [2.05, 4.69) is 10.3 Å². The first-order valence-electron chi connectivity index (χ1n) is 7.76. The molecule has 2 rings (SSSR count). The molecular weight excluding hydrogens is 379 g/mol. The van der Waals surface area contributed by atoms with Crippen LogP contribution in [0.25, 0.3) is 0 Å². The van der Waals surface area contributed by atoms with Gasteiger partial charge in [-0.15, -0.1) is 0 Å². The van der Waals surface area contributed by atoms with Gasteiger partial charge >= 0.3 is 5.97 Å². The lowest BCUT2D eigenvalue weighted by molar-refractivity contribution is -0.153. The maximum atomic E-state index is 12.1. The number of nitrogens with one attached hydrogen (secondary N) is 1. The lowest BCUT2D eigenvalue weighted by Gasteiger charge is -2.13. The molecule has 26 heavy (non-hydrogen) atoms. The number of esters is 1. The van der Waals surface area contributed by atoms with E-state index in [1.807, 2.05) is 0 Å². The molecule has 0 aliphatic rings. The third-order valence-electron chi connectivity index (χ3n) is 3.38. The Hall–Kier alpha value is -2.44. The number of pyridine rings is 1. The summed E-state index contributed by atoms with van der Waals surface area (Å²) in [5.41, 5.74) is 0.523. The summed E-state index contributed by atoms with van der Waals surface area (Å²) in [4.78, 5) is 39.7. The number of carbonyl (C=O) groups is 3. The fraction of sp³-hybridized carbons (Fsp3) is 0.222. The molecule has 0 saturated carbocycles. The van der Waals surface area contributed by atoms with Crippen molar-refractivity contribution in [1.29, 1.82) is 0 Å². The highest BCUT2D eigenvalue weighted by atomic mass is 35.5. The molecule has 2 aromatic rings. The second-order valence-electron chi connectivity index (χ2n) is 5.39. The zero-order valence-corrected chi connectivity index (χ0v) is 15.4. The van der Waals surface area contributed by atoms with E-state index in [-0.39, 0.29) is 29.5 Å². The van der Waals surface area contributed by atoms with Gasteiger partial charge in [0.15, 0.2) is 17.7 Å². The third-order valence-corrected chi connectivity index (χ3v) is 3.87. The van der Waals surface area contributed by atoms with Crippen molar-refractivity contribution in [3.8, 4) is 0 Å². The largest absolute Gasteiger partial charge is 0.453 e. The maximum absolute atomic E-state index is 12.1. The third kappa shape index (κ3) is 5.82. The van der Waals surface area contributed by atoms with Gasteiger partial charge in [0.05, 0.1) is 16.5 Å². The summed E-state index contributed by atoms with van der Waals surface area (Å²) < 4.78 is 5.03. The lowest BCUT2D eigenvalue weighted by atomic mass is 10.1. The maximum Gasteiger partial charge on any atom is 0.307 e. The van der Waals surface area contributed by atoms with E-state index in [9.17, 15) is 14.4 Å². The molecule has 0 spiro atoms. The van der Waals surface area contributed by atoms with Gasteiger partial charge in [0.2, 0.25) is 0 Å². The van der Waals surface area contributed by atoms with Crippen LogP contribution < -0.4 is 5.32 Å². The molecule has 0 fully saturated rings. The van der Waals surface area contributed by atoms with Crippen molar-refractivity contribution in [1.82, 2.24) is 4.98 Å². The molecule has 0 radical (unpaired) electrons. The summed E-state index contributed by atoms with van der Waals surface area (Å²) >= 11 is 11.7. The summed E-state index contributed by atoms with van der Waals surface area (Å²) in [6.45, 7) is 1.41. The van der Waals surface area contributed by atoms with Gasteiger partial charge in [-0.05, 0) is 13.0 Å². The van der Waals surface area contributed by atoms with Crippen molar-refractivity contribution in [2.45, 2.75) is 25.9 Å². The first-order chi connectivity index (χ1) is 12.4. The van der Waals surface area contributed by atoms with Gasteiger partial charge in [-0.25, -0.2) is 4.98 Å². The van der Waals surface area contributed by atoms with Crippen LogP contribution in [0.5, 0.6) is 0 Å². The summed E-state index contributed by atoms with van der Waals surface area (Å²) in [7, 11) is 0. The van der Waals surface area contributed by atoms with Crippen molar-refractivity contribution in [3.63, 3.8) is 0 Å². The van der Waals surface area contributed by atoms with Crippen LogP contribution in [0.2, 0.25) is 10.0 Å². The number of rotatable bonds is 7. The van der Waals surface area contributed by atoms with Crippen LogP contribution >= 0.6 is 23.2 Å². The molecular formula is C18H16Cl2N2O4. The quantitative estimate of drug-likeness (QED) is 0.567. The van der Waals surface area contributed by atoms with Crippen LogP contribution in [0.15, 0.2) is 42.6 Å². The van der Waals surface area contributed by atoms with E-state index in [4.69, 9.17) is 27.9 Å². The topological polar surface area (TPSA) is 85.4 Å². The van der Waals surface area contributed by atoms with E-state index in [0.29, 0.717) is 10.6 Å². The van der Waals surface area contributed by atoms with Crippen molar-refractivity contribution in [2.75, 3.05) is 5.32 Å². The van der Waals surface area contributed by atoms with Crippen LogP contribution in [0.4, 0.5) is 5.82 Å². The van der Waals surface area contributed by atoms with E-state index in [0.717, 1.165) is 0 Å². The van der Waals surface area contributed by atoms with Gasteiger partial charge in [0.25, 0.3) is 5.91 Å². The molecule has 0 aliphatic carbocycles. The number of benzene rings is 1. The second kappa shape index (κ2) is 9.31. The molecule has 6 nitrogen and oxygen atoms in total. The highest BCUT2D eigenvalue weighted by Crippen LogP contribution is 2.22. The number of nitrogens with zero attached hydrogens (tertiary/aromatic N) is 1. The van der Waals surface area contributed by atoms with Gasteiger partial charge in [-0.2, -0.15) is 0 Å². The second-order valence-corrected chi connectivity index (χ2v) is 6.24. The summed E-state index contributed by atoms with van der Waals surface area (Å²) in [6.07, 6.45) is 0.144. The molecule has 1 heterocycles. The number of hydrogen-bond donors (Lipinski definition) is 1. The Morgan fingerprint density at radius 3 is 2.50 bits per heavy atom. The van der Waals surface area contributed by atoms with E-state index in [1.165, 1.54) is 19.2 Å². The Balaban J connectivity index is 1.82. The Kier molecular flexibility index (Phi) is 7.12. The molecule has 1 amide bonds. The average molecular weight is 395 g/mol. The number of halogens is 2. The number of ether oxygens (including phenoxy) is 1. The minimum absolute atomic E-state index is 0.00174. The molecule has 0 aliphatic heterocycles. The van der Waals surface area contributed by atoms with Crippen LogP contribution in [0.1, 0.15) is 30.1 Å². The molecule has 0 bridgehead atoms. The van der Waals surface area contributed by atoms with Gasteiger partial charge in [-0.1, -0.05) is 53.5 Å². The molecule has 8 heteroatoms. The Labute approximate surface area is 160 Å². The van der Waals surface area contributed by atoms with Crippen molar-refractivity contribution < 1.29 is 19.1 Å². The molecule has 1 N–H and O–H groups in total. The first-order valence-corrected chi connectivity index (χ1v) is 8.52. The number of hydrogen-bond acceptors (Lipinski definition) is 5. The van der Waals surface area contributed by atoms with Gasteiger partial charge in [-0.3, -0.25) is 14.4 Å². The number of amides is 1. The number of ketones is 1. The number of Topliss-reactive ketones (excluding diaryl/α,β-unsaturated/α-hetero) is 1. The molecule has 1 atom stereocenters. The first kappa shape index (κ1) is 19.9. The number of carbonyl (C=O) groups excluding carboxylic acids is 3. The predicted octanol–water partition coefficient (Wildman–Crippen LogP) is 3.92. The van der Waals surface area contributed by atoms with E-state index in [1.54, 1.807) is 30.3 Å². The predicted molar refractivity (Wildman–Crippen MR) is 98.4 cm³/mol. The molecule has 1 aromatic heterocycles. The number of aromatic nitrogens is 1. The monoisotopic (exact) mass is 394 g/mol. The van der Waals surface area contributed by atoms with Gasteiger partial charge in [0.1, 0.15) is 0 Å². The normalized spacial score (nSPS) is 11.5. The fourth-order valence-corrected chi connectivity index (χ4v) is 2.45. The van der Waals surface area contributed by atoms with E-state index >= 15 is 0 Å². The van der Waals surface area contributed by atoms with Crippen molar-refractivity contribution in [3.05, 3.63) is 58.2 Å². The van der Waals surface area contributed by atoms with Crippen molar-refractivity contribution >= 4 is 46.7 Å². The van der Waals surface area contributed by atoms with Crippen LogP contribution in [-0.2, 0) is 14.3 Å². The Morgan fingerprint density at radius 1 is 1.15 bits per heavy atom. The fourth-order valence-electron chi connectivity index (χ4n) is 2.02. The average Bonchev–Trinajstić information content (AvgIpc) is 2.62. The standard InChI is InChI=1S/C18H16Cl2N2O4/c1-11(18(25)22-17-14(20)9-13(19)10-21-17)26-16(24)8-7-15(23)12-5-3-2-4-6-12/h2-6,9-11H,7-8H2,1H3,(H,21,22,25). The highest BCUT2D eigenvalue weighted by molar-refractivity contribution is 6.36. The zero-order valence-electron chi connectivity index (χ0n) is 13.9. The minimum atomic E-state index is -1.07. The Morgan fingerprint density at radius 2 is 1.85 bits per heavy atom. The Bertz CT molecular complexity index is 812. The summed E-state index contributed by atoms with van der Waals surface area (Å²) in [6, 6.07) is 10.1. The molecule has 136 valence electrons. The molecule has 0 saturated heterocycles.